The Bertz CT molecular complexity index is 1110. The van der Waals surface area contributed by atoms with Gasteiger partial charge in [-0.2, -0.15) is 0 Å². The zero-order valence-electron chi connectivity index (χ0n) is 15.5. The summed E-state index contributed by atoms with van der Waals surface area (Å²) >= 11 is 0. The number of rotatable bonds is 4. The molecule has 0 amide bonds. The fourth-order valence-corrected chi connectivity index (χ4v) is 4.05. The number of aromatic nitrogens is 3. The number of para-hydroxylation sites is 1. The van der Waals surface area contributed by atoms with Gasteiger partial charge in [-0.05, 0) is 42.7 Å². The molecular weight excluding hydrogens is 334 g/mol. The van der Waals surface area contributed by atoms with Crippen molar-refractivity contribution >= 4 is 11.0 Å². The van der Waals surface area contributed by atoms with Crippen molar-refractivity contribution < 1.29 is 4.74 Å². The molecule has 2 heterocycles. The average Bonchev–Trinajstić information content (AvgIpc) is 3.38. The van der Waals surface area contributed by atoms with E-state index in [0.717, 1.165) is 11.0 Å². The number of hydrogen-bond acceptors (Lipinski definition) is 3. The number of ether oxygens (including phenoxy) is 1. The number of fused-ring (bicyclic) bond motifs is 1. The quantitative estimate of drug-likeness (QED) is 0.504. The lowest BCUT2D eigenvalue weighted by Gasteiger charge is -2.27. The molecule has 0 spiro atoms. The van der Waals surface area contributed by atoms with E-state index in [1.54, 1.807) is 0 Å². The second-order valence-electron chi connectivity index (χ2n) is 7.33. The molecule has 4 aromatic rings. The largest absolute Gasteiger partial charge is 0.362 e. The van der Waals surface area contributed by atoms with E-state index in [9.17, 15) is 0 Å². The van der Waals surface area contributed by atoms with E-state index in [0.29, 0.717) is 6.61 Å². The molecule has 1 aliphatic heterocycles. The van der Waals surface area contributed by atoms with Crippen molar-refractivity contribution in [1.29, 1.82) is 0 Å². The number of benzene rings is 3. The van der Waals surface area contributed by atoms with E-state index in [1.165, 1.54) is 22.3 Å². The summed E-state index contributed by atoms with van der Waals surface area (Å²) in [6.07, 6.45) is 0. The fraction of sp³-hybridized carbons (Fsp3) is 0.217. The van der Waals surface area contributed by atoms with Gasteiger partial charge in [0.25, 0.3) is 0 Å². The maximum atomic E-state index is 6.22. The van der Waals surface area contributed by atoms with Crippen LogP contribution in [0.3, 0.4) is 0 Å². The van der Waals surface area contributed by atoms with E-state index in [2.05, 4.69) is 72.7 Å². The highest BCUT2D eigenvalue weighted by atomic mass is 16.6. The van der Waals surface area contributed by atoms with Crippen LogP contribution >= 0.6 is 0 Å². The van der Waals surface area contributed by atoms with Gasteiger partial charge in [-0.15, -0.1) is 5.10 Å². The highest BCUT2D eigenvalue weighted by Gasteiger charge is 2.56. The van der Waals surface area contributed by atoms with Crippen LogP contribution in [0.1, 0.15) is 28.3 Å². The molecule has 0 saturated carbocycles. The van der Waals surface area contributed by atoms with Crippen LogP contribution < -0.4 is 0 Å². The molecule has 1 saturated heterocycles. The Kier molecular flexibility index (Phi) is 3.62. The first-order valence-corrected chi connectivity index (χ1v) is 9.26. The van der Waals surface area contributed by atoms with Crippen LogP contribution in [0.5, 0.6) is 0 Å². The Morgan fingerprint density at radius 1 is 0.963 bits per heavy atom. The molecule has 3 aromatic carbocycles. The molecule has 1 fully saturated rings. The first-order chi connectivity index (χ1) is 13.2. The van der Waals surface area contributed by atoms with Crippen molar-refractivity contribution in [2.45, 2.75) is 25.5 Å². The topological polar surface area (TPSA) is 43.2 Å². The summed E-state index contributed by atoms with van der Waals surface area (Å²) in [5.41, 5.74) is 6.38. The van der Waals surface area contributed by atoms with Crippen molar-refractivity contribution in [3.05, 3.63) is 95.1 Å². The van der Waals surface area contributed by atoms with Gasteiger partial charge < -0.3 is 4.74 Å². The van der Waals surface area contributed by atoms with Gasteiger partial charge in [0.1, 0.15) is 17.2 Å². The van der Waals surface area contributed by atoms with E-state index in [4.69, 9.17) is 4.74 Å². The fourth-order valence-electron chi connectivity index (χ4n) is 4.05. The van der Waals surface area contributed by atoms with Crippen molar-refractivity contribution in [3.63, 3.8) is 0 Å². The summed E-state index contributed by atoms with van der Waals surface area (Å²) in [5, 5.41) is 8.94. The van der Waals surface area contributed by atoms with Gasteiger partial charge in [0.2, 0.25) is 0 Å². The standard InChI is InChI=1S/C23H21N3O/c1-16-12-13-17(2)19(14-16)23(15-27-23)22(18-8-4-3-5-9-18)26-21-11-7-6-10-20(21)24-25-26/h3-14,22H,15H2,1-2H3/t22-,23+/m0/s1. The van der Waals surface area contributed by atoms with Gasteiger partial charge >= 0.3 is 0 Å². The average molecular weight is 355 g/mol. The molecule has 2 atom stereocenters. The minimum absolute atomic E-state index is 0.0772. The predicted molar refractivity (Wildman–Crippen MR) is 106 cm³/mol. The lowest BCUT2D eigenvalue weighted by atomic mass is 9.84. The number of epoxide rings is 1. The third kappa shape index (κ3) is 2.56. The van der Waals surface area contributed by atoms with Gasteiger partial charge in [0, 0.05) is 0 Å². The van der Waals surface area contributed by atoms with Crippen molar-refractivity contribution in [1.82, 2.24) is 15.0 Å². The molecule has 4 nitrogen and oxygen atoms in total. The van der Waals surface area contributed by atoms with Gasteiger partial charge in [-0.1, -0.05) is 71.4 Å². The molecule has 0 aliphatic carbocycles. The maximum Gasteiger partial charge on any atom is 0.143 e. The van der Waals surface area contributed by atoms with Gasteiger partial charge in [-0.25, -0.2) is 4.68 Å². The second kappa shape index (κ2) is 6.03. The summed E-state index contributed by atoms with van der Waals surface area (Å²) in [6.45, 7) is 4.95. The lowest BCUT2D eigenvalue weighted by Crippen LogP contribution is -2.28. The summed E-state index contributed by atoms with van der Waals surface area (Å²) in [4.78, 5) is 0. The minimum atomic E-state index is -0.423. The molecule has 1 aliphatic rings. The Labute approximate surface area is 158 Å². The zero-order chi connectivity index (χ0) is 18.4. The maximum absolute atomic E-state index is 6.22. The Morgan fingerprint density at radius 2 is 1.70 bits per heavy atom. The van der Waals surface area contributed by atoms with Gasteiger partial charge in [-0.3, -0.25) is 0 Å². The molecule has 0 radical (unpaired) electrons. The normalized spacial score (nSPS) is 19.9. The highest BCUT2D eigenvalue weighted by molar-refractivity contribution is 5.74. The Hall–Kier alpha value is -2.98. The van der Waals surface area contributed by atoms with Crippen LogP contribution in [0.4, 0.5) is 0 Å². The second-order valence-corrected chi connectivity index (χ2v) is 7.33. The molecular formula is C23H21N3O. The molecule has 4 heteroatoms. The zero-order valence-corrected chi connectivity index (χ0v) is 15.5. The number of aryl methyl sites for hydroxylation is 2. The third-order valence-corrected chi connectivity index (χ3v) is 5.48. The van der Waals surface area contributed by atoms with E-state index >= 15 is 0 Å². The number of hydrogen-bond donors (Lipinski definition) is 0. The first-order valence-electron chi connectivity index (χ1n) is 9.26. The Morgan fingerprint density at radius 3 is 2.48 bits per heavy atom. The third-order valence-electron chi connectivity index (χ3n) is 5.48. The Balaban J connectivity index is 1.76. The van der Waals surface area contributed by atoms with Gasteiger partial charge in [0.15, 0.2) is 0 Å². The van der Waals surface area contributed by atoms with E-state index in [1.807, 2.05) is 28.9 Å². The van der Waals surface area contributed by atoms with E-state index in [-0.39, 0.29) is 6.04 Å². The van der Waals surface area contributed by atoms with Crippen LogP contribution in [-0.2, 0) is 10.3 Å². The molecule has 0 bridgehead atoms. The molecule has 0 N–H and O–H groups in total. The summed E-state index contributed by atoms with van der Waals surface area (Å²) in [6, 6.07) is 25.1. The molecule has 1 aromatic heterocycles. The predicted octanol–water partition coefficient (Wildman–Crippen LogP) is 4.56. The van der Waals surface area contributed by atoms with Crippen molar-refractivity contribution in [3.8, 4) is 0 Å². The highest BCUT2D eigenvalue weighted by Crippen LogP contribution is 2.52. The SMILES string of the molecule is Cc1ccc(C)c([C@@]2([C@H](c3ccccc3)n3nnc4ccccc43)CO2)c1. The molecule has 27 heavy (non-hydrogen) atoms. The van der Waals surface area contributed by atoms with Crippen LogP contribution in [0.25, 0.3) is 11.0 Å². The minimum Gasteiger partial charge on any atom is -0.362 e. The summed E-state index contributed by atoms with van der Waals surface area (Å²) < 4.78 is 8.25. The smallest absolute Gasteiger partial charge is 0.143 e. The number of nitrogens with zero attached hydrogens (tertiary/aromatic N) is 3. The van der Waals surface area contributed by atoms with Gasteiger partial charge in [0.05, 0.1) is 12.1 Å². The molecule has 134 valence electrons. The van der Waals surface area contributed by atoms with Crippen LogP contribution in [0.2, 0.25) is 0 Å². The van der Waals surface area contributed by atoms with Crippen LogP contribution in [0.15, 0.2) is 72.8 Å². The monoisotopic (exact) mass is 355 g/mol. The lowest BCUT2D eigenvalue weighted by molar-refractivity contribution is 0.234. The first kappa shape index (κ1) is 16.2. The molecule has 0 unspecified atom stereocenters. The van der Waals surface area contributed by atoms with Crippen LogP contribution in [-0.4, -0.2) is 21.6 Å². The summed E-state index contributed by atoms with van der Waals surface area (Å²) in [5.74, 6) is 0. The molecule has 5 rings (SSSR count). The van der Waals surface area contributed by atoms with Crippen LogP contribution in [0, 0.1) is 13.8 Å². The van der Waals surface area contributed by atoms with E-state index < -0.39 is 5.60 Å². The van der Waals surface area contributed by atoms with Crippen molar-refractivity contribution in [2.24, 2.45) is 0 Å². The summed E-state index contributed by atoms with van der Waals surface area (Å²) in [7, 11) is 0. The van der Waals surface area contributed by atoms with Crippen molar-refractivity contribution in [2.75, 3.05) is 6.61 Å².